The molecule has 7 rings (SSSR count). The van der Waals surface area contributed by atoms with Crippen LogP contribution in [0, 0.1) is 27.4 Å². The van der Waals surface area contributed by atoms with Gasteiger partial charge in [0.15, 0.2) is 0 Å². The van der Waals surface area contributed by atoms with Gasteiger partial charge in [0.25, 0.3) is 5.69 Å². The van der Waals surface area contributed by atoms with E-state index in [1.165, 1.54) is 12.1 Å². The van der Waals surface area contributed by atoms with E-state index < -0.39 is 10.3 Å². The van der Waals surface area contributed by atoms with Crippen LogP contribution >= 0.6 is 11.6 Å². The van der Waals surface area contributed by atoms with Crippen molar-refractivity contribution in [2.24, 2.45) is 17.3 Å². The molecule has 4 fully saturated rings. The molecule has 4 saturated carbocycles. The number of nitro benzene ring substituents is 1. The number of nitro groups is 1. The number of non-ortho nitro benzene ring substituents is 1. The van der Waals surface area contributed by atoms with Crippen molar-refractivity contribution >= 4 is 28.9 Å². The lowest BCUT2D eigenvalue weighted by Crippen LogP contribution is -2.60. The number of nitrogens with zero attached hydrogens (tertiary/aromatic N) is 4. The highest BCUT2D eigenvalue weighted by Crippen LogP contribution is 2.64. The van der Waals surface area contributed by atoms with E-state index in [9.17, 15) is 14.9 Å². The number of nitrogens with one attached hydrogen (secondary N) is 1. The number of halogens is 1. The summed E-state index contributed by atoms with van der Waals surface area (Å²) in [5.74, 6) is 1.59. The van der Waals surface area contributed by atoms with Gasteiger partial charge >= 0.3 is 0 Å². The third-order valence-electron chi connectivity index (χ3n) is 7.80. The summed E-state index contributed by atoms with van der Waals surface area (Å²) in [5.41, 5.74) is -0.629. The number of ether oxygens (including phenoxy) is 1. The number of anilines is 1. The van der Waals surface area contributed by atoms with Crippen molar-refractivity contribution in [2.75, 3.05) is 5.32 Å². The number of rotatable bonds is 6. The van der Waals surface area contributed by atoms with Gasteiger partial charge in [0, 0.05) is 12.1 Å². The fourth-order valence-electron chi connectivity index (χ4n) is 6.93. The summed E-state index contributed by atoms with van der Waals surface area (Å²) in [6, 6.07) is 13.4. The molecule has 0 radical (unpaired) electrons. The maximum Gasteiger partial charge on any atom is 0.275 e. The highest BCUT2D eigenvalue weighted by molar-refractivity contribution is 6.28. The van der Waals surface area contributed by atoms with E-state index in [2.05, 4.69) is 15.4 Å². The van der Waals surface area contributed by atoms with Crippen LogP contribution in [0.1, 0.15) is 38.5 Å². The molecule has 180 valence electrons. The number of benzene rings is 2. The van der Waals surface area contributed by atoms with Crippen molar-refractivity contribution in [2.45, 2.75) is 44.1 Å². The molecular formula is C25H24ClN5O4. The molecule has 3 aromatic rings. The normalized spacial score (nSPS) is 28.6. The monoisotopic (exact) mass is 493 g/mol. The van der Waals surface area contributed by atoms with Crippen molar-refractivity contribution < 1.29 is 14.5 Å². The quantitative estimate of drug-likeness (QED) is 0.355. The molecular weight excluding hydrogens is 470 g/mol. The van der Waals surface area contributed by atoms with Crippen LogP contribution in [0.5, 0.6) is 11.5 Å². The van der Waals surface area contributed by atoms with E-state index in [1.807, 2.05) is 22.9 Å². The summed E-state index contributed by atoms with van der Waals surface area (Å²) in [7, 11) is 0. The second-order valence-corrected chi connectivity index (χ2v) is 10.6. The van der Waals surface area contributed by atoms with Gasteiger partial charge in [0.05, 0.1) is 27.6 Å². The molecule has 4 aliphatic carbocycles. The lowest BCUT2D eigenvalue weighted by molar-refractivity contribution is -0.384. The molecule has 4 atom stereocenters. The molecule has 0 spiro atoms. The highest BCUT2D eigenvalue weighted by Gasteiger charge is 2.61. The fourth-order valence-corrected chi connectivity index (χ4v) is 7.05. The van der Waals surface area contributed by atoms with Crippen LogP contribution in [-0.2, 0) is 10.3 Å². The average molecular weight is 494 g/mol. The molecule has 4 bridgehead atoms. The van der Waals surface area contributed by atoms with Crippen LogP contribution in [0.3, 0.4) is 0 Å². The van der Waals surface area contributed by atoms with Crippen LogP contribution in [-0.4, -0.2) is 25.6 Å². The van der Waals surface area contributed by atoms with Gasteiger partial charge in [-0.3, -0.25) is 14.9 Å². The predicted molar refractivity (Wildman–Crippen MR) is 128 cm³/mol. The fraction of sp³-hybridized carbons (Fsp3) is 0.400. The summed E-state index contributed by atoms with van der Waals surface area (Å²) < 4.78 is 7.70. The number of para-hydroxylation sites is 1. The molecule has 1 amide bonds. The summed E-state index contributed by atoms with van der Waals surface area (Å²) in [6.07, 6.45) is 6.98. The minimum atomic E-state index is -0.562. The van der Waals surface area contributed by atoms with Crippen molar-refractivity contribution in [3.05, 3.63) is 70.3 Å². The van der Waals surface area contributed by atoms with Crippen molar-refractivity contribution in [3.8, 4) is 11.5 Å². The summed E-state index contributed by atoms with van der Waals surface area (Å²) in [6.45, 7) is 0. The Labute approximate surface area is 206 Å². The van der Waals surface area contributed by atoms with Gasteiger partial charge in [-0.25, -0.2) is 9.67 Å². The zero-order valence-electron chi connectivity index (χ0n) is 18.9. The van der Waals surface area contributed by atoms with Crippen molar-refractivity contribution in [1.29, 1.82) is 0 Å². The maximum absolute atomic E-state index is 13.8. The Kier molecular flexibility index (Phi) is 5.07. The summed E-state index contributed by atoms with van der Waals surface area (Å²) in [5, 5.41) is 19.2. The van der Waals surface area contributed by atoms with Gasteiger partial charge in [0.1, 0.15) is 17.8 Å². The summed E-state index contributed by atoms with van der Waals surface area (Å²) in [4.78, 5) is 29.0. The smallest absolute Gasteiger partial charge is 0.275 e. The first-order chi connectivity index (χ1) is 16.8. The first kappa shape index (κ1) is 22.0. The second kappa shape index (κ2) is 8.05. The van der Waals surface area contributed by atoms with Crippen molar-refractivity contribution in [3.63, 3.8) is 0 Å². The van der Waals surface area contributed by atoms with Gasteiger partial charge in [-0.2, -0.15) is 0 Å². The third-order valence-corrected chi connectivity index (χ3v) is 7.97. The first-order valence-electron chi connectivity index (χ1n) is 11.7. The average Bonchev–Trinajstić information content (AvgIpc) is 3.26. The number of carbonyl (C=O) groups is 1. The van der Waals surface area contributed by atoms with Crippen LogP contribution in [0.25, 0.3) is 0 Å². The number of hydrogen-bond acceptors (Lipinski definition) is 6. The lowest BCUT2D eigenvalue weighted by atomic mass is 9.46. The number of amides is 1. The molecule has 4 aliphatic rings. The molecule has 1 N–H and O–H groups in total. The molecule has 2 unspecified atom stereocenters. The van der Waals surface area contributed by atoms with Gasteiger partial charge in [-0.05, 0) is 74.1 Å². The van der Waals surface area contributed by atoms with E-state index in [1.54, 1.807) is 24.5 Å². The second-order valence-electron chi connectivity index (χ2n) is 10.3. The van der Waals surface area contributed by atoms with E-state index in [4.69, 9.17) is 16.3 Å². The van der Waals surface area contributed by atoms with Gasteiger partial charge in [-0.15, -0.1) is 5.10 Å². The van der Waals surface area contributed by atoms with Crippen LogP contribution in [0.4, 0.5) is 11.4 Å². The molecule has 35 heavy (non-hydrogen) atoms. The zero-order chi connectivity index (χ0) is 24.2. The van der Waals surface area contributed by atoms with Gasteiger partial charge < -0.3 is 10.1 Å². The minimum absolute atomic E-state index is 0.103. The Morgan fingerprint density at radius 2 is 1.86 bits per heavy atom. The Morgan fingerprint density at radius 3 is 2.51 bits per heavy atom. The Bertz CT molecular complexity index is 1300. The number of aromatic nitrogens is 3. The van der Waals surface area contributed by atoms with Crippen molar-refractivity contribution in [1.82, 2.24) is 14.8 Å². The topological polar surface area (TPSA) is 112 Å². The summed E-state index contributed by atoms with van der Waals surface area (Å²) >= 11 is 6.03. The van der Waals surface area contributed by atoms with Gasteiger partial charge in [-0.1, -0.05) is 18.2 Å². The van der Waals surface area contributed by atoms with E-state index >= 15 is 0 Å². The van der Waals surface area contributed by atoms with Crippen LogP contribution < -0.4 is 10.1 Å². The molecule has 1 heterocycles. The van der Waals surface area contributed by atoms with E-state index in [-0.39, 0.29) is 22.4 Å². The van der Waals surface area contributed by atoms with E-state index in [0.717, 1.165) is 32.1 Å². The SMILES string of the molecule is O=C(Nc1cc(Oc2ccccc2)cc([N+](=O)[O-])c1)C12C[C@H]3C[C@@H](C1)CC(n1cnc(Cl)n1)(C3)C2. The minimum Gasteiger partial charge on any atom is -0.457 e. The molecule has 0 aliphatic heterocycles. The molecule has 1 aromatic heterocycles. The van der Waals surface area contributed by atoms with Gasteiger partial charge in [0.2, 0.25) is 11.2 Å². The van der Waals surface area contributed by atoms with E-state index in [0.29, 0.717) is 35.4 Å². The Hall–Kier alpha value is -3.46. The molecule has 10 heteroatoms. The molecule has 2 aromatic carbocycles. The lowest BCUT2D eigenvalue weighted by Gasteiger charge is -2.60. The largest absolute Gasteiger partial charge is 0.457 e. The Morgan fingerprint density at radius 1 is 1.11 bits per heavy atom. The van der Waals surface area contributed by atoms with Crippen LogP contribution in [0.15, 0.2) is 54.9 Å². The predicted octanol–water partition coefficient (Wildman–Crippen LogP) is 5.57. The Balaban J connectivity index is 1.30. The standard InChI is InChI=1S/C25H24ClN5O4/c26-23-27-15-30(29-23)25-12-16-6-17(13-25)11-24(10-16,14-25)22(32)28-18-7-19(31(33)34)9-21(8-18)35-20-4-2-1-3-5-20/h1-5,7-9,15-17H,6,10-14H2,(H,28,32)/t16-,17+,24?,25?. The highest BCUT2D eigenvalue weighted by atomic mass is 35.5. The zero-order valence-corrected chi connectivity index (χ0v) is 19.6. The molecule has 0 saturated heterocycles. The third kappa shape index (κ3) is 3.93. The van der Waals surface area contributed by atoms with Crippen LogP contribution in [0.2, 0.25) is 5.28 Å². The first-order valence-corrected chi connectivity index (χ1v) is 12.1. The number of carbonyl (C=O) groups excluding carboxylic acids is 1. The number of hydrogen-bond donors (Lipinski definition) is 1. The molecule has 9 nitrogen and oxygen atoms in total. The maximum atomic E-state index is 13.8.